The molecule has 2 aromatic rings. The van der Waals surface area contributed by atoms with Crippen LogP contribution in [0.3, 0.4) is 0 Å². The highest BCUT2D eigenvalue weighted by atomic mass is 16.2. The Kier molecular flexibility index (Phi) is 1.94. The third-order valence-electron chi connectivity index (χ3n) is 2.39. The number of anilines is 1. The minimum absolute atomic E-state index is 0.0724. The molecule has 3 rings (SSSR count). The summed E-state index contributed by atoms with van der Waals surface area (Å²) in [6, 6.07) is 4.99. The van der Waals surface area contributed by atoms with Gasteiger partial charge in [-0.3, -0.25) is 9.59 Å². The molecule has 0 N–H and O–H groups in total. The van der Waals surface area contributed by atoms with Gasteiger partial charge in [0.05, 0.1) is 0 Å². The molecule has 0 aromatic carbocycles. The van der Waals surface area contributed by atoms with Gasteiger partial charge in [0.2, 0.25) is 0 Å². The first-order valence-corrected chi connectivity index (χ1v) is 4.90. The lowest BCUT2D eigenvalue weighted by Gasteiger charge is -2.10. The van der Waals surface area contributed by atoms with Crippen molar-refractivity contribution in [1.82, 2.24) is 15.0 Å². The third-order valence-corrected chi connectivity index (χ3v) is 2.39. The molecule has 0 bridgehead atoms. The van der Waals surface area contributed by atoms with Crippen molar-refractivity contribution >= 4 is 17.6 Å². The number of nitrogens with zero attached hydrogens (tertiary/aromatic N) is 4. The maximum Gasteiger partial charge on any atom is 0.287 e. The SMILES string of the molecule is O=C1c2nccnc2C(=O)N1c1ccccn1. The van der Waals surface area contributed by atoms with Gasteiger partial charge in [-0.15, -0.1) is 0 Å². The molecule has 1 aliphatic heterocycles. The van der Waals surface area contributed by atoms with Gasteiger partial charge in [0.25, 0.3) is 11.8 Å². The molecule has 1 aliphatic rings. The molecule has 82 valence electrons. The predicted molar refractivity (Wildman–Crippen MR) is 57.4 cm³/mol. The number of carbonyl (C=O) groups is 2. The number of pyridine rings is 1. The van der Waals surface area contributed by atoms with E-state index in [1.807, 2.05) is 0 Å². The standard InChI is InChI=1S/C11H6N4O2/c16-10-8-9(14-6-5-13-8)11(17)15(10)7-3-1-2-4-12-7/h1-6H. The van der Waals surface area contributed by atoms with Crippen LogP contribution in [-0.4, -0.2) is 26.8 Å². The van der Waals surface area contributed by atoms with Gasteiger partial charge >= 0.3 is 0 Å². The zero-order chi connectivity index (χ0) is 11.8. The average molecular weight is 226 g/mol. The fraction of sp³-hybridized carbons (Fsp3) is 0. The quantitative estimate of drug-likeness (QED) is 0.668. The lowest BCUT2D eigenvalue weighted by Crippen LogP contribution is -2.30. The second kappa shape index (κ2) is 3.44. The van der Waals surface area contributed by atoms with E-state index in [4.69, 9.17) is 0 Å². The highest BCUT2D eigenvalue weighted by molar-refractivity contribution is 6.32. The van der Waals surface area contributed by atoms with Gasteiger partial charge in [0.1, 0.15) is 5.82 Å². The largest absolute Gasteiger partial charge is 0.287 e. The van der Waals surface area contributed by atoms with Crippen molar-refractivity contribution in [2.45, 2.75) is 0 Å². The van der Waals surface area contributed by atoms with E-state index in [0.29, 0.717) is 0 Å². The summed E-state index contributed by atoms with van der Waals surface area (Å²) in [6.07, 6.45) is 4.28. The normalized spacial score (nSPS) is 14.0. The monoisotopic (exact) mass is 226 g/mol. The summed E-state index contributed by atoms with van der Waals surface area (Å²) in [5.41, 5.74) is 0.145. The molecule has 0 unspecified atom stereocenters. The van der Waals surface area contributed by atoms with Gasteiger partial charge in [-0.25, -0.2) is 19.9 Å². The lowest BCUT2D eigenvalue weighted by molar-refractivity contribution is 0.0922. The van der Waals surface area contributed by atoms with Crippen molar-refractivity contribution in [2.75, 3.05) is 4.90 Å². The zero-order valence-electron chi connectivity index (χ0n) is 8.57. The summed E-state index contributed by atoms with van der Waals surface area (Å²) in [6.45, 7) is 0. The summed E-state index contributed by atoms with van der Waals surface area (Å²) < 4.78 is 0. The Labute approximate surface area is 96.0 Å². The minimum Gasteiger partial charge on any atom is -0.266 e. The number of carbonyl (C=O) groups excluding carboxylic acids is 2. The molecule has 6 heteroatoms. The summed E-state index contributed by atoms with van der Waals surface area (Å²) in [4.78, 5) is 36.6. The van der Waals surface area contributed by atoms with E-state index < -0.39 is 11.8 Å². The second-order valence-electron chi connectivity index (χ2n) is 3.39. The first-order chi connectivity index (χ1) is 8.29. The Balaban J connectivity index is 2.13. The molecule has 17 heavy (non-hydrogen) atoms. The molecule has 0 fully saturated rings. The fourth-order valence-corrected chi connectivity index (χ4v) is 1.65. The Morgan fingerprint density at radius 2 is 1.47 bits per heavy atom. The minimum atomic E-state index is -0.489. The third kappa shape index (κ3) is 1.31. The molecule has 0 saturated heterocycles. The summed E-state index contributed by atoms with van der Waals surface area (Å²) >= 11 is 0. The maximum absolute atomic E-state index is 12.0. The molecule has 6 nitrogen and oxygen atoms in total. The maximum atomic E-state index is 12.0. The van der Waals surface area contributed by atoms with E-state index >= 15 is 0 Å². The molecular formula is C11H6N4O2. The van der Waals surface area contributed by atoms with Gasteiger partial charge in [0, 0.05) is 18.6 Å². The van der Waals surface area contributed by atoms with Crippen molar-refractivity contribution in [2.24, 2.45) is 0 Å². The van der Waals surface area contributed by atoms with Gasteiger partial charge in [-0.2, -0.15) is 0 Å². The molecule has 0 atom stereocenters. The molecule has 2 aromatic heterocycles. The number of fused-ring (bicyclic) bond motifs is 1. The number of rotatable bonds is 1. The van der Waals surface area contributed by atoms with Crippen LogP contribution in [0.25, 0.3) is 0 Å². The Hall–Kier alpha value is -2.63. The number of hydrogen-bond acceptors (Lipinski definition) is 5. The van der Waals surface area contributed by atoms with Crippen LogP contribution < -0.4 is 4.90 Å². The van der Waals surface area contributed by atoms with E-state index in [1.54, 1.807) is 18.2 Å². The number of amides is 2. The van der Waals surface area contributed by atoms with E-state index in [9.17, 15) is 9.59 Å². The Morgan fingerprint density at radius 3 is 2.00 bits per heavy atom. The first kappa shape index (κ1) is 9.59. The number of imide groups is 1. The number of hydrogen-bond donors (Lipinski definition) is 0. The molecule has 0 radical (unpaired) electrons. The topological polar surface area (TPSA) is 76.1 Å². The van der Waals surface area contributed by atoms with Crippen molar-refractivity contribution in [3.05, 3.63) is 48.2 Å². The summed E-state index contributed by atoms with van der Waals surface area (Å²) in [7, 11) is 0. The number of aromatic nitrogens is 3. The first-order valence-electron chi connectivity index (χ1n) is 4.90. The molecular weight excluding hydrogens is 220 g/mol. The van der Waals surface area contributed by atoms with Crippen molar-refractivity contribution < 1.29 is 9.59 Å². The molecule has 0 spiro atoms. The summed E-state index contributed by atoms with van der Waals surface area (Å²) in [5.74, 6) is -0.698. The Morgan fingerprint density at radius 1 is 0.824 bits per heavy atom. The zero-order valence-corrected chi connectivity index (χ0v) is 8.57. The van der Waals surface area contributed by atoms with E-state index in [1.165, 1.54) is 18.6 Å². The molecule has 0 saturated carbocycles. The predicted octanol–water partition coefficient (Wildman–Crippen LogP) is 0.672. The van der Waals surface area contributed by atoms with Crippen LogP contribution in [0.1, 0.15) is 21.0 Å². The van der Waals surface area contributed by atoms with Gasteiger partial charge < -0.3 is 0 Å². The van der Waals surface area contributed by atoms with Crippen molar-refractivity contribution in [3.8, 4) is 0 Å². The van der Waals surface area contributed by atoms with Crippen LogP contribution in [0.5, 0.6) is 0 Å². The average Bonchev–Trinajstić information content (AvgIpc) is 2.64. The van der Waals surface area contributed by atoms with Gasteiger partial charge in [0.15, 0.2) is 11.4 Å². The fourth-order valence-electron chi connectivity index (χ4n) is 1.65. The highest BCUT2D eigenvalue weighted by Crippen LogP contribution is 2.23. The van der Waals surface area contributed by atoms with Crippen LogP contribution in [0.4, 0.5) is 5.82 Å². The van der Waals surface area contributed by atoms with E-state index in [2.05, 4.69) is 15.0 Å². The molecule has 2 amide bonds. The second-order valence-corrected chi connectivity index (χ2v) is 3.39. The van der Waals surface area contributed by atoms with Crippen molar-refractivity contribution in [3.63, 3.8) is 0 Å². The van der Waals surface area contributed by atoms with E-state index in [-0.39, 0.29) is 17.2 Å². The van der Waals surface area contributed by atoms with Crippen LogP contribution in [0.2, 0.25) is 0 Å². The lowest BCUT2D eigenvalue weighted by atomic mass is 10.3. The smallest absolute Gasteiger partial charge is 0.266 e. The highest BCUT2D eigenvalue weighted by Gasteiger charge is 2.39. The van der Waals surface area contributed by atoms with Crippen LogP contribution >= 0.6 is 0 Å². The van der Waals surface area contributed by atoms with Crippen LogP contribution in [0.15, 0.2) is 36.8 Å². The van der Waals surface area contributed by atoms with Crippen LogP contribution in [0, 0.1) is 0 Å². The van der Waals surface area contributed by atoms with Gasteiger partial charge in [-0.1, -0.05) is 6.07 Å². The summed E-state index contributed by atoms with van der Waals surface area (Å²) in [5, 5.41) is 0. The molecule has 0 aliphatic carbocycles. The van der Waals surface area contributed by atoms with E-state index in [0.717, 1.165) is 4.90 Å². The van der Waals surface area contributed by atoms with Crippen molar-refractivity contribution in [1.29, 1.82) is 0 Å². The Bertz CT molecular complexity index is 577. The molecule has 3 heterocycles. The van der Waals surface area contributed by atoms with Crippen LogP contribution in [-0.2, 0) is 0 Å². The van der Waals surface area contributed by atoms with Gasteiger partial charge in [-0.05, 0) is 12.1 Å².